The Morgan fingerprint density at radius 3 is 2.77 bits per heavy atom. The number of likely N-dealkylation sites (N-methyl/N-ethyl adjacent to an activating group) is 1. The van der Waals surface area contributed by atoms with Crippen LogP contribution in [0, 0.1) is 12.3 Å². The van der Waals surface area contributed by atoms with Crippen LogP contribution in [0.4, 0.5) is 0 Å². The Morgan fingerprint density at radius 2 is 2.31 bits per heavy atom. The van der Waals surface area contributed by atoms with Gasteiger partial charge in [0.15, 0.2) is 0 Å². The second-order valence-electron chi connectivity index (χ2n) is 3.15. The Hall–Kier alpha value is -1.01. The van der Waals surface area contributed by atoms with Crippen molar-refractivity contribution in [1.29, 1.82) is 0 Å². The van der Waals surface area contributed by atoms with Crippen LogP contribution >= 0.6 is 0 Å². The van der Waals surface area contributed by atoms with E-state index in [1.165, 1.54) is 4.90 Å². The first-order valence-electron chi connectivity index (χ1n) is 4.57. The van der Waals surface area contributed by atoms with Crippen LogP contribution in [-0.2, 0) is 4.79 Å². The van der Waals surface area contributed by atoms with Gasteiger partial charge in [0.05, 0.1) is 12.6 Å². The summed E-state index contributed by atoms with van der Waals surface area (Å²) in [7, 11) is 1.67. The third-order valence-corrected chi connectivity index (χ3v) is 1.89. The van der Waals surface area contributed by atoms with E-state index in [0.717, 1.165) is 19.3 Å². The average molecular weight is 182 g/mol. The molecule has 1 amide bonds. The molecule has 0 radical (unpaired) electrons. The van der Waals surface area contributed by atoms with E-state index in [-0.39, 0.29) is 5.91 Å². The van der Waals surface area contributed by atoms with Gasteiger partial charge in [-0.2, -0.15) is 0 Å². The number of carbonyl (C=O) groups is 1. The van der Waals surface area contributed by atoms with Crippen LogP contribution in [0.5, 0.6) is 0 Å². The minimum absolute atomic E-state index is 0.0635. The first-order chi connectivity index (χ1) is 6.13. The molecule has 0 rings (SSSR count). The van der Waals surface area contributed by atoms with Crippen LogP contribution in [0.2, 0.25) is 0 Å². The maximum Gasteiger partial charge on any atom is 0.240 e. The lowest BCUT2D eigenvalue weighted by atomic mass is 10.1. The van der Waals surface area contributed by atoms with Gasteiger partial charge < -0.3 is 10.6 Å². The van der Waals surface area contributed by atoms with Crippen molar-refractivity contribution in [2.75, 3.05) is 13.6 Å². The highest BCUT2D eigenvalue weighted by atomic mass is 16.2. The van der Waals surface area contributed by atoms with Crippen LogP contribution in [-0.4, -0.2) is 30.4 Å². The third-order valence-electron chi connectivity index (χ3n) is 1.89. The van der Waals surface area contributed by atoms with Gasteiger partial charge in [-0.25, -0.2) is 0 Å². The van der Waals surface area contributed by atoms with Crippen LogP contribution < -0.4 is 5.73 Å². The predicted molar refractivity (Wildman–Crippen MR) is 54.0 cm³/mol. The van der Waals surface area contributed by atoms with Gasteiger partial charge in [0.25, 0.3) is 0 Å². The standard InChI is InChI=1S/C10H18N2O/c1-4-6-7-9(11)10(13)12(3)8-5-2/h2,9H,4,6-8,11H2,1,3H3. The number of amides is 1. The molecule has 1 atom stereocenters. The fourth-order valence-corrected chi connectivity index (χ4v) is 1.05. The first-order valence-corrected chi connectivity index (χ1v) is 4.57. The molecule has 0 aliphatic rings. The van der Waals surface area contributed by atoms with Gasteiger partial charge in [-0.1, -0.05) is 25.7 Å². The zero-order valence-corrected chi connectivity index (χ0v) is 8.42. The lowest BCUT2D eigenvalue weighted by molar-refractivity contribution is -0.130. The highest BCUT2D eigenvalue weighted by molar-refractivity contribution is 5.81. The number of nitrogens with two attached hydrogens (primary N) is 1. The van der Waals surface area contributed by atoms with Gasteiger partial charge in [0.1, 0.15) is 0 Å². The van der Waals surface area contributed by atoms with Crippen LogP contribution in [0.15, 0.2) is 0 Å². The topological polar surface area (TPSA) is 46.3 Å². The lowest BCUT2D eigenvalue weighted by Crippen LogP contribution is -2.41. The molecule has 13 heavy (non-hydrogen) atoms. The molecule has 74 valence electrons. The summed E-state index contributed by atoms with van der Waals surface area (Å²) < 4.78 is 0. The summed E-state index contributed by atoms with van der Waals surface area (Å²) in [6.45, 7) is 2.40. The summed E-state index contributed by atoms with van der Waals surface area (Å²) in [6, 6.07) is -0.390. The summed E-state index contributed by atoms with van der Waals surface area (Å²) in [5.41, 5.74) is 5.67. The van der Waals surface area contributed by atoms with E-state index in [4.69, 9.17) is 12.2 Å². The van der Waals surface area contributed by atoms with Gasteiger partial charge >= 0.3 is 0 Å². The molecular formula is C10H18N2O. The molecule has 3 nitrogen and oxygen atoms in total. The molecule has 0 bridgehead atoms. The molecule has 1 unspecified atom stereocenters. The van der Waals surface area contributed by atoms with E-state index < -0.39 is 6.04 Å². The van der Waals surface area contributed by atoms with Crippen molar-refractivity contribution in [3.63, 3.8) is 0 Å². The Labute approximate surface area is 80.3 Å². The maximum atomic E-state index is 11.4. The molecule has 0 spiro atoms. The van der Waals surface area contributed by atoms with E-state index in [2.05, 4.69) is 12.8 Å². The second kappa shape index (κ2) is 6.50. The molecule has 0 aromatic rings. The molecule has 0 saturated heterocycles. The summed E-state index contributed by atoms with van der Waals surface area (Å²) in [6.07, 6.45) is 7.86. The molecule has 0 aliphatic carbocycles. The highest BCUT2D eigenvalue weighted by Crippen LogP contribution is 2.00. The van der Waals surface area contributed by atoms with Gasteiger partial charge in [-0.05, 0) is 6.42 Å². The van der Waals surface area contributed by atoms with E-state index in [0.29, 0.717) is 6.54 Å². The Balaban J connectivity index is 3.88. The fraction of sp³-hybridized carbons (Fsp3) is 0.700. The molecule has 0 saturated carbocycles. The number of unbranched alkanes of at least 4 members (excludes halogenated alkanes) is 1. The van der Waals surface area contributed by atoms with Crippen LogP contribution in [0.3, 0.4) is 0 Å². The highest BCUT2D eigenvalue weighted by Gasteiger charge is 2.15. The maximum absolute atomic E-state index is 11.4. The molecule has 0 aromatic carbocycles. The predicted octanol–water partition coefficient (Wildman–Crippen LogP) is 0.595. The lowest BCUT2D eigenvalue weighted by Gasteiger charge is -2.18. The van der Waals surface area contributed by atoms with Gasteiger partial charge in [0.2, 0.25) is 5.91 Å². The monoisotopic (exact) mass is 182 g/mol. The van der Waals surface area contributed by atoms with Gasteiger partial charge in [-0.15, -0.1) is 6.42 Å². The summed E-state index contributed by atoms with van der Waals surface area (Å²) in [5.74, 6) is 2.35. The summed E-state index contributed by atoms with van der Waals surface area (Å²) >= 11 is 0. The van der Waals surface area contributed by atoms with Crippen molar-refractivity contribution in [2.24, 2.45) is 5.73 Å². The van der Waals surface area contributed by atoms with Crippen molar-refractivity contribution in [2.45, 2.75) is 32.2 Å². The van der Waals surface area contributed by atoms with Crippen molar-refractivity contribution >= 4 is 5.91 Å². The molecular weight excluding hydrogens is 164 g/mol. The Morgan fingerprint density at radius 1 is 1.69 bits per heavy atom. The van der Waals surface area contributed by atoms with Gasteiger partial charge in [-0.3, -0.25) is 4.79 Å². The van der Waals surface area contributed by atoms with E-state index in [1.54, 1.807) is 7.05 Å². The first kappa shape index (κ1) is 12.0. The quantitative estimate of drug-likeness (QED) is 0.633. The van der Waals surface area contributed by atoms with Crippen LogP contribution in [0.1, 0.15) is 26.2 Å². The number of hydrogen-bond donors (Lipinski definition) is 1. The molecule has 0 fully saturated rings. The van der Waals surface area contributed by atoms with E-state index >= 15 is 0 Å². The Bertz CT molecular complexity index is 196. The SMILES string of the molecule is C#CCN(C)C(=O)C(N)CCCC. The molecule has 0 aliphatic heterocycles. The van der Waals surface area contributed by atoms with Crippen molar-refractivity contribution < 1.29 is 4.79 Å². The fourth-order valence-electron chi connectivity index (χ4n) is 1.05. The minimum Gasteiger partial charge on any atom is -0.333 e. The summed E-state index contributed by atoms with van der Waals surface area (Å²) in [5, 5.41) is 0. The average Bonchev–Trinajstić information content (AvgIpc) is 2.13. The van der Waals surface area contributed by atoms with Crippen molar-refractivity contribution in [3.8, 4) is 12.3 Å². The number of nitrogens with zero attached hydrogens (tertiary/aromatic N) is 1. The number of hydrogen-bond acceptors (Lipinski definition) is 2. The molecule has 0 heterocycles. The smallest absolute Gasteiger partial charge is 0.240 e. The van der Waals surface area contributed by atoms with Crippen molar-refractivity contribution in [3.05, 3.63) is 0 Å². The largest absolute Gasteiger partial charge is 0.333 e. The second-order valence-corrected chi connectivity index (χ2v) is 3.15. The van der Waals surface area contributed by atoms with E-state index in [9.17, 15) is 4.79 Å². The number of rotatable bonds is 5. The van der Waals surface area contributed by atoms with E-state index in [1.807, 2.05) is 0 Å². The number of carbonyl (C=O) groups excluding carboxylic acids is 1. The molecule has 2 N–H and O–H groups in total. The van der Waals surface area contributed by atoms with Crippen LogP contribution in [0.25, 0.3) is 0 Å². The zero-order chi connectivity index (χ0) is 10.3. The zero-order valence-electron chi connectivity index (χ0n) is 8.42. The minimum atomic E-state index is -0.390. The van der Waals surface area contributed by atoms with Gasteiger partial charge in [0, 0.05) is 7.05 Å². The third kappa shape index (κ3) is 4.54. The van der Waals surface area contributed by atoms with Crippen molar-refractivity contribution in [1.82, 2.24) is 4.90 Å². The summed E-state index contributed by atoms with van der Waals surface area (Å²) in [4.78, 5) is 12.9. The molecule has 0 aromatic heterocycles. The Kier molecular flexibility index (Phi) is 5.99. The molecule has 3 heteroatoms. The normalized spacial score (nSPS) is 11.8. The number of terminal acetylenes is 1.